The lowest BCUT2D eigenvalue weighted by atomic mass is 10.1. The molecule has 0 radical (unpaired) electrons. The minimum atomic E-state index is -0.223. The first-order valence-corrected chi connectivity index (χ1v) is 13.5. The van der Waals surface area contributed by atoms with Crippen LogP contribution in [0, 0.1) is 0 Å². The minimum absolute atomic E-state index is 0.223. The lowest BCUT2D eigenvalue weighted by Gasteiger charge is -2.25. The summed E-state index contributed by atoms with van der Waals surface area (Å²) in [5.74, 6) is 2.61. The molecular formula is C36H25N3O. The van der Waals surface area contributed by atoms with Crippen molar-refractivity contribution in [2.75, 3.05) is 0 Å². The second-order valence-corrected chi connectivity index (χ2v) is 10.1. The molecule has 40 heavy (non-hydrogen) atoms. The number of aromatic nitrogens is 1. The fourth-order valence-electron chi connectivity index (χ4n) is 5.75. The van der Waals surface area contributed by atoms with E-state index in [1.54, 1.807) is 0 Å². The third-order valence-electron chi connectivity index (χ3n) is 7.65. The number of para-hydroxylation sites is 2. The second-order valence-electron chi connectivity index (χ2n) is 10.1. The highest BCUT2D eigenvalue weighted by Gasteiger charge is 2.25. The molecule has 3 heterocycles. The van der Waals surface area contributed by atoms with Crippen molar-refractivity contribution < 1.29 is 4.74 Å². The molecule has 2 aliphatic rings. The van der Waals surface area contributed by atoms with Crippen LogP contribution in [0.25, 0.3) is 39.7 Å². The molecule has 1 unspecified atom stereocenters. The Kier molecular flexibility index (Phi) is 5.17. The van der Waals surface area contributed by atoms with Gasteiger partial charge in [0.25, 0.3) is 0 Å². The molecule has 0 bridgehead atoms. The van der Waals surface area contributed by atoms with Crippen molar-refractivity contribution in [1.29, 1.82) is 0 Å². The number of ether oxygens (including phenoxy) is 1. The van der Waals surface area contributed by atoms with E-state index in [-0.39, 0.29) is 6.17 Å². The van der Waals surface area contributed by atoms with Crippen molar-refractivity contribution in [2.24, 2.45) is 4.99 Å². The summed E-state index contributed by atoms with van der Waals surface area (Å²) >= 11 is 0. The maximum absolute atomic E-state index is 6.66. The smallest absolute Gasteiger partial charge is 0.147 e. The molecule has 4 nitrogen and oxygen atoms in total. The predicted octanol–water partition coefficient (Wildman–Crippen LogP) is 8.66. The molecule has 2 aliphatic heterocycles. The molecule has 1 atom stereocenters. The van der Waals surface area contributed by atoms with Gasteiger partial charge in [0.15, 0.2) is 0 Å². The van der Waals surface area contributed by atoms with E-state index in [0.717, 1.165) is 67.1 Å². The van der Waals surface area contributed by atoms with Gasteiger partial charge in [-0.2, -0.15) is 0 Å². The third kappa shape index (κ3) is 3.65. The van der Waals surface area contributed by atoms with Gasteiger partial charge in [-0.05, 0) is 35.4 Å². The van der Waals surface area contributed by atoms with Crippen LogP contribution in [0.1, 0.15) is 28.4 Å². The number of aliphatic imine (C=N–C) groups is 1. The van der Waals surface area contributed by atoms with E-state index in [4.69, 9.17) is 9.73 Å². The Morgan fingerprint density at radius 3 is 2.25 bits per heavy atom. The highest BCUT2D eigenvalue weighted by atomic mass is 16.5. The maximum atomic E-state index is 6.66. The summed E-state index contributed by atoms with van der Waals surface area (Å²) in [7, 11) is 0. The van der Waals surface area contributed by atoms with Gasteiger partial charge in [0.05, 0.1) is 16.4 Å². The average Bonchev–Trinajstić information content (AvgIpc) is 3.24. The van der Waals surface area contributed by atoms with Crippen molar-refractivity contribution in [1.82, 2.24) is 9.88 Å². The number of fused-ring (bicyclic) bond motifs is 6. The van der Waals surface area contributed by atoms with E-state index in [9.17, 15) is 0 Å². The van der Waals surface area contributed by atoms with E-state index in [1.807, 2.05) is 30.3 Å². The van der Waals surface area contributed by atoms with Crippen LogP contribution in [-0.4, -0.2) is 10.4 Å². The van der Waals surface area contributed by atoms with Gasteiger partial charge in [-0.15, -0.1) is 0 Å². The Morgan fingerprint density at radius 1 is 0.650 bits per heavy atom. The van der Waals surface area contributed by atoms with E-state index >= 15 is 0 Å². The monoisotopic (exact) mass is 515 g/mol. The molecule has 5 aromatic carbocycles. The Morgan fingerprint density at radius 2 is 1.38 bits per heavy atom. The summed E-state index contributed by atoms with van der Waals surface area (Å²) in [6.45, 7) is 0. The topological polar surface area (TPSA) is 38.5 Å². The highest BCUT2D eigenvalue weighted by molar-refractivity contribution is 6.20. The van der Waals surface area contributed by atoms with Crippen LogP contribution in [-0.2, 0) is 0 Å². The summed E-state index contributed by atoms with van der Waals surface area (Å²) in [6.07, 6.45) is 6.21. The average molecular weight is 516 g/mol. The summed E-state index contributed by atoms with van der Waals surface area (Å²) in [5, 5.41) is 5.89. The molecule has 1 N–H and O–H groups in total. The van der Waals surface area contributed by atoms with Crippen LogP contribution in [0.5, 0.6) is 11.5 Å². The number of benzene rings is 5. The SMILES string of the molecule is C1=Cc2ccc3c(c2Oc2ccccc21)c1ccccc1n3C1=NC(c2ccccc2)NC(c2ccccc2)=C1. The van der Waals surface area contributed by atoms with E-state index in [2.05, 4.69) is 119 Å². The predicted molar refractivity (Wildman–Crippen MR) is 164 cm³/mol. The maximum Gasteiger partial charge on any atom is 0.147 e. The molecule has 0 aliphatic carbocycles. The first kappa shape index (κ1) is 22.6. The van der Waals surface area contributed by atoms with Gasteiger partial charge in [0.1, 0.15) is 23.5 Å². The normalized spacial score (nSPS) is 15.8. The van der Waals surface area contributed by atoms with Gasteiger partial charge >= 0.3 is 0 Å². The molecular weight excluding hydrogens is 490 g/mol. The van der Waals surface area contributed by atoms with Crippen LogP contribution in [0.15, 0.2) is 132 Å². The molecule has 4 heteroatoms. The van der Waals surface area contributed by atoms with Crippen molar-refractivity contribution in [3.63, 3.8) is 0 Å². The van der Waals surface area contributed by atoms with Gasteiger partial charge < -0.3 is 10.1 Å². The molecule has 1 aromatic heterocycles. The Hall–Kier alpha value is -5.35. The summed E-state index contributed by atoms with van der Waals surface area (Å²) in [6, 6.07) is 41.9. The van der Waals surface area contributed by atoms with Crippen LogP contribution < -0.4 is 10.1 Å². The molecule has 0 saturated carbocycles. The number of nitrogens with zero attached hydrogens (tertiary/aromatic N) is 2. The Balaban J connectivity index is 1.39. The number of hydrogen-bond acceptors (Lipinski definition) is 3. The summed E-state index contributed by atoms with van der Waals surface area (Å²) < 4.78 is 8.93. The van der Waals surface area contributed by atoms with Gasteiger partial charge in [0, 0.05) is 28.3 Å². The summed E-state index contributed by atoms with van der Waals surface area (Å²) in [5.41, 5.74) is 7.54. The highest BCUT2D eigenvalue weighted by Crippen LogP contribution is 2.43. The van der Waals surface area contributed by atoms with Crippen LogP contribution in [0.2, 0.25) is 0 Å². The molecule has 8 rings (SSSR count). The third-order valence-corrected chi connectivity index (χ3v) is 7.65. The van der Waals surface area contributed by atoms with Gasteiger partial charge in [0.2, 0.25) is 0 Å². The number of allylic oxidation sites excluding steroid dienone is 1. The Labute approximate surface area is 232 Å². The second kappa shape index (κ2) is 9.14. The molecule has 0 saturated heterocycles. The quantitative estimate of drug-likeness (QED) is 0.250. The molecule has 190 valence electrons. The Bertz CT molecular complexity index is 2000. The number of nitrogens with one attached hydrogen (secondary N) is 1. The molecule has 0 spiro atoms. The van der Waals surface area contributed by atoms with Crippen LogP contribution in [0.4, 0.5) is 0 Å². The minimum Gasteiger partial charge on any atom is -0.455 e. The van der Waals surface area contributed by atoms with E-state index in [0.29, 0.717) is 0 Å². The zero-order valence-electron chi connectivity index (χ0n) is 21.7. The first-order chi connectivity index (χ1) is 19.8. The van der Waals surface area contributed by atoms with Crippen LogP contribution >= 0.6 is 0 Å². The van der Waals surface area contributed by atoms with Crippen molar-refractivity contribution in [3.8, 4) is 11.5 Å². The summed E-state index contributed by atoms with van der Waals surface area (Å²) in [4.78, 5) is 5.27. The molecule has 6 aromatic rings. The van der Waals surface area contributed by atoms with Crippen molar-refractivity contribution in [2.45, 2.75) is 6.17 Å². The van der Waals surface area contributed by atoms with Crippen molar-refractivity contribution >= 4 is 45.5 Å². The largest absolute Gasteiger partial charge is 0.455 e. The van der Waals surface area contributed by atoms with E-state index in [1.165, 1.54) is 0 Å². The van der Waals surface area contributed by atoms with E-state index < -0.39 is 0 Å². The van der Waals surface area contributed by atoms with Crippen molar-refractivity contribution in [3.05, 3.63) is 150 Å². The van der Waals surface area contributed by atoms with Gasteiger partial charge in [-0.1, -0.05) is 109 Å². The molecule has 0 amide bonds. The van der Waals surface area contributed by atoms with Gasteiger partial charge in [-0.3, -0.25) is 4.57 Å². The standard InChI is InChI=1S/C36H25N3O/c1-3-11-24(12-4-1)29-23-33(38-36(37-29)27-14-5-2-6-15-27)39-30-17-9-8-16-28(30)34-31(39)22-21-26-20-19-25-13-7-10-18-32(25)40-35(26)34/h1-23,36-37H. The molecule has 0 fully saturated rings. The lowest BCUT2D eigenvalue weighted by molar-refractivity contribution is 0.487. The fourth-order valence-corrected chi connectivity index (χ4v) is 5.75. The number of hydrogen-bond donors (Lipinski definition) is 1. The number of rotatable bonds is 2. The first-order valence-electron chi connectivity index (χ1n) is 13.5. The van der Waals surface area contributed by atoms with Crippen LogP contribution in [0.3, 0.4) is 0 Å². The zero-order valence-corrected chi connectivity index (χ0v) is 21.7. The fraction of sp³-hybridized carbons (Fsp3) is 0.0278. The zero-order chi connectivity index (χ0) is 26.5. The lowest BCUT2D eigenvalue weighted by Crippen LogP contribution is -2.27. The van der Waals surface area contributed by atoms with Gasteiger partial charge in [-0.25, -0.2) is 4.99 Å².